The largest absolute Gasteiger partial charge is 0.569 e. The Morgan fingerprint density at radius 2 is 0.742 bits per heavy atom. The van der Waals surface area contributed by atoms with E-state index in [-0.39, 0.29) is 38.4 Å². The third kappa shape index (κ3) is 18.3. The number of aromatic amines is 3. The number of carbonyl (C=O) groups excluding carboxylic acids is 3. The van der Waals surface area contributed by atoms with E-state index in [1.54, 1.807) is 28.3 Å². The highest BCUT2D eigenvalue weighted by atomic mass is 35.5. The van der Waals surface area contributed by atoms with Crippen molar-refractivity contribution in [2.75, 3.05) is 93.2 Å². The van der Waals surface area contributed by atoms with Gasteiger partial charge in [0.15, 0.2) is 17.5 Å². The molecule has 4 N–H and O–H groups in total. The summed E-state index contributed by atoms with van der Waals surface area (Å²) < 4.78 is 20.2. The molecule has 3 fully saturated rings. The van der Waals surface area contributed by atoms with E-state index in [1.165, 1.54) is 24.3 Å². The van der Waals surface area contributed by atoms with Gasteiger partial charge in [-0.15, -0.1) is 15.3 Å². The van der Waals surface area contributed by atoms with Crippen LogP contribution in [0.3, 0.4) is 0 Å². The van der Waals surface area contributed by atoms with Crippen molar-refractivity contribution < 1.29 is 28.5 Å². The summed E-state index contributed by atoms with van der Waals surface area (Å²) >= 11 is 26.5. The summed E-state index contributed by atoms with van der Waals surface area (Å²) in [6, 6.07) is 53.1. The van der Waals surface area contributed by atoms with Gasteiger partial charge in [0.1, 0.15) is 11.6 Å². The van der Waals surface area contributed by atoms with E-state index in [1.807, 2.05) is 133 Å². The summed E-state index contributed by atoms with van der Waals surface area (Å²) in [5, 5.41) is 67.5. The number of anilines is 3. The number of nitrogens with one attached hydrogen (secondary N) is 3. The number of aromatic nitrogens is 12. The first-order chi connectivity index (χ1) is 57.4. The topological polar surface area (TPSA) is 263 Å². The van der Waals surface area contributed by atoms with Gasteiger partial charge in [-0.3, -0.25) is 29.7 Å². The molecule has 609 valence electrons. The average molecular weight is 1680 g/mol. The van der Waals surface area contributed by atoms with Gasteiger partial charge in [-0.25, -0.2) is 4.39 Å². The number of halogens is 5. The molecule has 6 aromatic heterocycles. The summed E-state index contributed by atoms with van der Waals surface area (Å²) in [4.78, 5) is 47.9. The minimum Gasteiger partial charge on any atom is -0.537 e. The maximum atomic E-state index is 15.2. The smallest absolute Gasteiger partial charge is 0.537 e. The summed E-state index contributed by atoms with van der Waals surface area (Å²) in [6.45, 7) is 22.2. The summed E-state index contributed by atoms with van der Waals surface area (Å²) in [5.74, 6) is 2.34. The molecule has 23 nitrogen and oxygen atoms in total. The molecule has 9 heterocycles. The highest BCUT2D eigenvalue weighted by molar-refractivity contribution is 6.43. The number of nitrogens with zero attached hydrogens (tertiary/aromatic N) is 15. The van der Waals surface area contributed by atoms with Crippen molar-refractivity contribution in [2.24, 2.45) is 0 Å². The minimum atomic E-state index is -0.380. The monoisotopic (exact) mass is 1680 g/mol. The standard InChI is InChI=1S/C30H27ClN6O.C29H24ClFN6O.C22H20Cl2N4O.C8H8BN2O2.2CH4/c1-3-28(38)36-11-13-37(14-12-36)30-22-16-23(29-19(2)9-10-26-24(29)18-32-33-26)25(31)17-21(22)27(34-35-30)15-20-7-5-4-6-8-20;1-2-27(38)36-10-12-37(13-11-36)29-20-16-23(30)21(28-22-17-32-33-25(22)9-8-24(28)31)15-19(20)26(34-35-29)14-18-6-4-3-5-7-18;1-2-21(29)27-8-10-28(11-9-27)22-17-14-19(24)18(23)13-16(17)20(25-26-22)12-15-6-4-3-5-7-15;1-5-2-3-7-6(4-10-11-7)8(5)13-9-12;;/h3-10,16-18H,1,11-15H2,2H3,(H,32,33);2-9,15-17H,1,10-14H2,(H,32,33);2-7,13-14H,1,8-12H2;2-4,12H,1H3,(H,10,11);2*1H4. The highest BCUT2D eigenvalue weighted by Gasteiger charge is 2.29. The molecule has 3 aliphatic rings. The van der Waals surface area contributed by atoms with Crippen LogP contribution in [-0.2, 0) is 33.6 Å². The Morgan fingerprint density at radius 1 is 0.417 bits per heavy atom. The Labute approximate surface area is 714 Å². The number of hydrogen-bond acceptors (Lipinski definition) is 17. The van der Waals surface area contributed by atoms with E-state index in [0.717, 1.165) is 127 Å². The fourth-order valence-electron chi connectivity index (χ4n) is 15.3. The first-order valence-corrected chi connectivity index (χ1v) is 39.8. The molecule has 3 aliphatic heterocycles. The molecule has 0 aliphatic carbocycles. The van der Waals surface area contributed by atoms with Crippen molar-refractivity contribution in [1.82, 2.24) is 75.9 Å². The van der Waals surface area contributed by atoms with Crippen LogP contribution in [0.4, 0.5) is 21.8 Å². The molecule has 18 rings (SSSR count). The van der Waals surface area contributed by atoms with Crippen molar-refractivity contribution in [3.63, 3.8) is 0 Å². The number of H-pyrrole nitrogens is 3. The third-order valence-corrected chi connectivity index (χ3v) is 22.8. The van der Waals surface area contributed by atoms with Gasteiger partial charge in [0.05, 0.1) is 67.7 Å². The average Bonchev–Trinajstić information content (AvgIpc) is 1.15. The second-order valence-electron chi connectivity index (χ2n) is 28.6. The lowest BCUT2D eigenvalue weighted by atomic mass is 9.94. The lowest BCUT2D eigenvalue weighted by molar-refractivity contribution is -0.127. The first kappa shape index (κ1) is 85.2. The molecule has 1 radical (unpaired) electrons. The van der Waals surface area contributed by atoms with Crippen molar-refractivity contribution in [2.45, 2.75) is 48.0 Å². The maximum absolute atomic E-state index is 15.2. The van der Waals surface area contributed by atoms with Crippen LogP contribution < -0.4 is 19.4 Å². The van der Waals surface area contributed by atoms with Crippen LogP contribution in [0.1, 0.15) is 59.8 Å². The highest BCUT2D eigenvalue weighted by Crippen LogP contribution is 2.44. The molecule has 0 spiro atoms. The molecule has 3 saturated heterocycles. The summed E-state index contributed by atoms with van der Waals surface area (Å²) in [6.07, 6.45) is 11.1. The van der Waals surface area contributed by atoms with Crippen LogP contribution >= 0.6 is 46.4 Å². The fraction of sp³-hybridized carbons (Fsp3) is 0.209. The molecule has 9 aromatic carbocycles. The normalized spacial score (nSPS) is 13.3. The third-order valence-electron chi connectivity index (χ3n) is 21.5. The Hall–Kier alpha value is -12.6. The molecule has 0 atom stereocenters. The number of aryl methyl sites for hydroxylation is 2. The predicted octanol–water partition coefficient (Wildman–Crippen LogP) is 17.4. The van der Waals surface area contributed by atoms with Crippen LogP contribution in [0.5, 0.6) is 5.75 Å². The Balaban J connectivity index is 0.000000144. The van der Waals surface area contributed by atoms with Gasteiger partial charge in [-0.1, -0.05) is 184 Å². The maximum Gasteiger partial charge on any atom is 0.569 e. The second-order valence-corrected chi connectivity index (χ2v) is 30.3. The number of rotatable bonds is 16. The number of carbonyl (C=O) groups is 3. The molecule has 0 bridgehead atoms. The number of benzene rings is 9. The zero-order valence-electron chi connectivity index (χ0n) is 64.5. The minimum absolute atomic E-state index is 0. The summed E-state index contributed by atoms with van der Waals surface area (Å²) in [5.41, 5.74) is 13.5. The summed E-state index contributed by atoms with van der Waals surface area (Å²) in [7, 11) is 0.675. The van der Waals surface area contributed by atoms with Crippen LogP contribution in [-0.4, -0.2) is 185 Å². The predicted molar refractivity (Wildman–Crippen MR) is 481 cm³/mol. The van der Waals surface area contributed by atoms with Gasteiger partial charge in [0.25, 0.3) is 0 Å². The Bertz CT molecular complexity index is 6280. The number of fused-ring (bicyclic) bond motifs is 6. The van der Waals surface area contributed by atoms with Crippen molar-refractivity contribution in [3.05, 3.63) is 291 Å². The zero-order chi connectivity index (χ0) is 82.1. The van der Waals surface area contributed by atoms with E-state index in [0.29, 0.717) is 154 Å². The second kappa shape index (κ2) is 38.4. The van der Waals surface area contributed by atoms with Crippen LogP contribution in [0.15, 0.2) is 220 Å². The van der Waals surface area contributed by atoms with E-state index < -0.39 is 0 Å². The van der Waals surface area contributed by atoms with Gasteiger partial charge < -0.3 is 39.1 Å². The fourth-order valence-corrected chi connectivity index (χ4v) is 16.2. The van der Waals surface area contributed by atoms with Gasteiger partial charge in [-0.2, -0.15) is 30.6 Å². The van der Waals surface area contributed by atoms with Crippen molar-refractivity contribution in [3.8, 4) is 28.0 Å². The van der Waals surface area contributed by atoms with Gasteiger partial charge >= 0.3 is 7.69 Å². The quantitative estimate of drug-likeness (QED) is 0.0517. The number of amides is 3. The van der Waals surface area contributed by atoms with Crippen molar-refractivity contribution >= 4 is 154 Å². The molecule has 15 aromatic rings. The lowest BCUT2D eigenvalue weighted by Gasteiger charge is -2.35. The Morgan fingerprint density at radius 3 is 1.15 bits per heavy atom. The SMILES string of the molecule is C.C.C=CC(=O)N1CCN(c2nnc(Cc3ccccc3)c3cc(-c4c(F)ccc5[nH]ncc45)c(Cl)cc23)CC1.C=CC(=O)N1CCN(c2nnc(Cc3ccccc3)c3cc(Cl)c(-c4c(C)ccc5[nH]ncc45)cc23)CC1.C=CC(=O)N1CCN(c2nnc(Cc3ccccc3)c3cc(Cl)c(Cl)cc23)CC1.Cc1ccc2[nH]ncc2c1O[B]O. The van der Waals surface area contributed by atoms with Gasteiger partial charge in [-0.05, 0) is 126 Å². The van der Waals surface area contributed by atoms with E-state index >= 15 is 4.39 Å². The van der Waals surface area contributed by atoms with Gasteiger partial charge in [0.2, 0.25) is 17.7 Å². The molecular weight excluding hydrogens is 1600 g/mol. The zero-order valence-corrected chi connectivity index (χ0v) is 67.6. The number of piperazine rings is 3. The van der Waals surface area contributed by atoms with Crippen LogP contribution in [0.25, 0.3) is 87.3 Å². The van der Waals surface area contributed by atoms with Crippen LogP contribution in [0.2, 0.25) is 20.1 Å². The molecule has 0 saturated carbocycles. The van der Waals surface area contributed by atoms with Crippen molar-refractivity contribution in [1.29, 1.82) is 0 Å². The number of hydrogen-bond donors (Lipinski definition) is 4. The first-order valence-electron chi connectivity index (χ1n) is 38.3. The molecule has 29 heteroatoms. The molecular formula is C91H87BCl4FN18O5. The molecule has 120 heavy (non-hydrogen) atoms. The van der Waals surface area contributed by atoms with E-state index in [2.05, 4.69) is 134 Å². The van der Waals surface area contributed by atoms with E-state index in [9.17, 15) is 14.4 Å². The van der Waals surface area contributed by atoms with Gasteiger partial charge in [0, 0.05) is 168 Å². The Kier molecular flexibility index (Phi) is 27.3. The molecule has 3 amide bonds. The van der Waals surface area contributed by atoms with E-state index in [4.69, 9.17) is 61.2 Å². The van der Waals surface area contributed by atoms with Crippen LogP contribution in [0, 0.1) is 19.7 Å². The molecule has 0 unspecified atom stereocenters. The lowest BCUT2D eigenvalue weighted by Crippen LogP contribution is -2.48.